The van der Waals surface area contributed by atoms with E-state index in [2.05, 4.69) is 5.32 Å². The van der Waals surface area contributed by atoms with Gasteiger partial charge in [0.1, 0.15) is 18.3 Å². The molecule has 6 N–H and O–H groups in total. The molecule has 0 aromatic heterocycles. The Morgan fingerprint density at radius 2 is 1.55 bits per heavy atom. The van der Waals surface area contributed by atoms with Crippen LogP contribution in [0.3, 0.4) is 0 Å². The molecule has 0 fully saturated rings. The Morgan fingerprint density at radius 1 is 0.970 bits per heavy atom. The summed E-state index contributed by atoms with van der Waals surface area (Å²) in [5.74, 6) is -2.16. The molecule has 9 heteroatoms. The lowest BCUT2D eigenvalue weighted by molar-refractivity contribution is -0.144. The van der Waals surface area contributed by atoms with E-state index in [4.69, 9.17) is 11.5 Å². The van der Waals surface area contributed by atoms with Crippen LogP contribution < -0.4 is 16.8 Å². The molecule has 2 rings (SSSR count). The predicted molar refractivity (Wildman–Crippen MR) is 123 cm³/mol. The topological polar surface area (TPSA) is 156 Å². The summed E-state index contributed by atoms with van der Waals surface area (Å²) in [6.07, 6.45) is 0.401. The Morgan fingerprint density at radius 3 is 2.09 bits per heavy atom. The van der Waals surface area contributed by atoms with E-state index in [1.54, 1.807) is 12.1 Å². The average molecular weight is 455 g/mol. The highest BCUT2D eigenvalue weighted by atomic mass is 16.3. The number of carbonyl (C=O) groups is 4. The van der Waals surface area contributed by atoms with Crippen molar-refractivity contribution in [2.75, 3.05) is 6.54 Å². The van der Waals surface area contributed by atoms with Crippen molar-refractivity contribution in [3.05, 3.63) is 65.7 Å². The smallest absolute Gasteiger partial charge is 0.245 e. The SMILES string of the molecule is CC(=O)C(Cc1ccccc1)N(CC(N)=O)C(=O)[C@@H](C)NC(=O)[C@@H](N)Cc1ccc(O)cc1. The summed E-state index contributed by atoms with van der Waals surface area (Å²) in [7, 11) is 0. The number of nitrogens with one attached hydrogen (secondary N) is 1. The summed E-state index contributed by atoms with van der Waals surface area (Å²) in [5, 5.41) is 11.9. The maximum Gasteiger partial charge on any atom is 0.245 e. The van der Waals surface area contributed by atoms with Crippen molar-refractivity contribution in [2.45, 2.75) is 44.8 Å². The number of amides is 3. The van der Waals surface area contributed by atoms with Crippen molar-refractivity contribution >= 4 is 23.5 Å². The van der Waals surface area contributed by atoms with E-state index < -0.39 is 42.4 Å². The Bertz CT molecular complexity index is 978. The third-order valence-corrected chi connectivity index (χ3v) is 5.18. The first kappa shape index (κ1) is 25.5. The van der Waals surface area contributed by atoms with E-state index in [0.717, 1.165) is 16.0 Å². The van der Waals surface area contributed by atoms with Gasteiger partial charge in [-0.3, -0.25) is 19.2 Å². The number of ketones is 1. The van der Waals surface area contributed by atoms with E-state index in [-0.39, 0.29) is 24.4 Å². The van der Waals surface area contributed by atoms with E-state index in [1.807, 2.05) is 30.3 Å². The van der Waals surface area contributed by atoms with Gasteiger partial charge < -0.3 is 26.8 Å². The number of phenols is 1. The minimum Gasteiger partial charge on any atom is -0.508 e. The van der Waals surface area contributed by atoms with E-state index in [9.17, 15) is 24.3 Å². The van der Waals surface area contributed by atoms with Crippen molar-refractivity contribution in [1.82, 2.24) is 10.2 Å². The fourth-order valence-electron chi connectivity index (χ4n) is 3.43. The van der Waals surface area contributed by atoms with Crippen LogP contribution >= 0.6 is 0 Å². The Hall–Kier alpha value is -3.72. The number of rotatable bonds is 11. The highest BCUT2D eigenvalue weighted by molar-refractivity contribution is 5.95. The first-order chi connectivity index (χ1) is 15.6. The summed E-state index contributed by atoms with van der Waals surface area (Å²) in [6, 6.07) is 12.4. The van der Waals surface area contributed by atoms with Crippen molar-refractivity contribution < 1.29 is 24.3 Å². The molecule has 0 aliphatic heterocycles. The van der Waals surface area contributed by atoms with Crippen LogP contribution in [0.15, 0.2) is 54.6 Å². The minimum absolute atomic E-state index is 0.0982. The third kappa shape index (κ3) is 7.73. The molecule has 0 bridgehead atoms. The van der Waals surface area contributed by atoms with E-state index >= 15 is 0 Å². The van der Waals surface area contributed by atoms with Gasteiger partial charge in [0.25, 0.3) is 0 Å². The summed E-state index contributed by atoms with van der Waals surface area (Å²) in [6.45, 7) is 2.34. The van der Waals surface area contributed by atoms with Crippen LogP contribution in [-0.2, 0) is 32.0 Å². The number of aromatic hydroxyl groups is 1. The summed E-state index contributed by atoms with van der Waals surface area (Å²) in [5.41, 5.74) is 12.9. The normalized spacial score (nSPS) is 13.4. The second kappa shape index (κ2) is 11.8. The van der Waals surface area contributed by atoms with Gasteiger partial charge in [0.15, 0.2) is 5.78 Å². The molecule has 0 heterocycles. The van der Waals surface area contributed by atoms with Gasteiger partial charge in [-0.1, -0.05) is 42.5 Å². The molecule has 2 aromatic carbocycles. The maximum absolute atomic E-state index is 13.2. The fourth-order valence-corrected chi connectivity index (χ4v) is 3.43. The molecule has 9 nitrogen and oxygen atoms in total. The molecule has 2 aromatic rings. The molecule has 0 aliphatic rings. The minimum atomic E-state index is -1.04. The number of hydrogen-bond acceptors (Lipinski definition) is 6. The lowest BCUT2D eigenvalue weighted by Gasteiger charge is -2.32. The average Bonchev–Trinajstić information content (AvgIpc) is 2.77. The van der Waals surface area contributed by atoms with Crippen LogP contribution in [-0.4, -0.2) is 58.2 Å². The third-order valence-electron chi connectivity index (χ3n) is 5.18. The molecule has 33 heavy (non-hydrogen) atoms. The standard InChI is InChI=1S/C24H30N4O5/c1-15(27-23(32)20(25)12-18-8-10-19(30)11-9-18)24(33)28(14-22(26)31)21(16(2)29)13-17-6-4-3-5-7-17/h3-11,15,20-21,30H,12-14,25H2,1-2H3,(H2,26,31)(H,27,32)/t15-,20+,21?/m1/s1. The molecule has 176 valence electrons. The second-order valence-electron chi connectivity index (χ2n) is 7.96. The predicted octanol–water partition coefficient (Wildman–Crippen LogP) is 0.281. The van der Waals surface area contributed by atoms with Crippen molar-refractivity contribution in [3.63, 3.8) is 0 Å². The zero-order chi connectivity index (χ0) is 24.5. The Balaban J connectivity index is 2.12. The molecule has 3 amide bonds. The number of primary amides is 1. The molecule has 3 atom stereocenters. The number of nitrogens with zero attached hydrogens (tertiary/aromatic N) is 1. The van der Waals surface area contributed by atoms with Gasteiger partial charge in [-0.25, -0.2) is 0 Å². The largest absolute Gasteiger partial charge is 0.508 e. The molecule has 0 aliphatic carbocycles. The van der Waals surface area contributed by atoms with Crippen molar-refractivity contribution in [3.8, 4) is 5.75 Å². The summed E-state index contributed by atoms with van der Waals surface area (Å²) >= 11 is 0. The van der Waals surface area contributed by atoms with Gasteiger partial charge in [0, 0.05) is 0 Å². The van der Waals surface area contributed by atoms with Crippen LogP contribution in [0.2, 0.25) is 0 Å². The molecule has 0 saturated carbocycles. The molecule has 0 radical (unpaired) electrons. The highest BCUT2D eigenvalue weighted by Gasteiger charge is 2.32. The van der Waals surface area contributed by atoms with Crippen LogP contribution in [0.25, 0.3) is 0 Å². The zero-order valence-electron chi connectivity index (χ0n) is 18.7. The first-order valence-electron chi connectivity index (χ1n) is 10.6. The molecular weight excluding hydrogens is 424 g/mol. The number of benzene rings is 2. The van der Waals surface area contributed by atoms with E-state index in [0.29, 0.717) is 0 Å². The number of carbonyl (C=O) groups excluding carboxylic acids is 4. The number of Topliss-reactive ketones (excluding diaryl/α,β-unsaturated/α-hetero) is 1. The quantitative estimate of drug-likeness (QED) is 0.382. The Kier molecular flexibility index (Phi) is 9.11. The van der Waals surface area contributed by atoms with Crippen molar-refractivity contribution in [2.24, 2.45) is 11.5 Å². The number of nitrogens with two attached hydrogens (primary N) is 2. The van der Waals surface area contributed by atoms with Gasteiger partial charge >= 0.3 is 0 Å². The first-order valence-corrected chi connectivity index (χ1v) is 10.6. The van der Waals surface area contributed by atoms with Crippen LogP contribution in [0, 0.1) is 0 Å². The summed E-state index contributed by atoms with van der Waals surface area (Å²) in [4.78, 5) is 50.9. The molecular formula is C24H30N4O5. The monoisotopic (exact) mass is 454 g/mol. The lowest BCUT2D eigenvalue weighted by Crippen LogP contribution is -2.57. The van der Waals surface area contributed by atoms with Gasteiger partial charge in [-0.15, -0.1) is 0 Å². The number of phenolic OH excluding ortho intramolecular Hbond substituents is 1. The fraction of sp³-hybridized carbons (Fsp3) is 0.333. The lowest BCUT2D eigenvalue weighted by atomic mass is 10.0. The van der Waals surface area contributed by atoms with Gasteiger partial charge in [-0.05, 0) is 49.9 Å². The molecule has 0 spiro atoms. The molecule has 1 unspecified atom stereocenters. The summed E-state index contributed by atoms with van der Waals surface area (Å²) < 4.78 is 0. The number of hydrogen-bond donors (Lipinski definition) is 4. The van der Waals surface area contributed by atoms with Crippen LogP contribution in [0.5, 0.6) is 5.75 Å². The zero-order valence-corrected chi connectivity index (χ0v) is 18.7. The van der Waals surface area contributed by atoms with E-state index in [1.165, 1.54) is 26.0 Å². The van der Waals surface area contributed by atoms with Gasteiger partial charge in [-0.2, -0.15) is 0 Å². The van der Waals surface area contributed by atoms with Gasteiger partial charge in [0.05, 0.1) is 12.1 Å². The Labute approximate surface area is 192 Å². The maximum atomic E-state index is 13.2. The molecule has 0 saturated heterocycles. The highest BCUT2D eigenvalue weighted by Crippen LogP contribution is 2.13. The second-order valence-corrected chi connectivity index (χ2v) is 7.96. The van der Waals surface area contributed by atoms with Crippen LogP contribution in [0.1, 0.15) is 25.0 Å². The van der Waals surface area contributed by atoms with Crippen molar-refractivity contribution in [1.29, 1.82) is 0 Å². The van der Waals surface area contributed by atoms with Gasteiger partial charge in [0.2, 0.25) is 17.7 Å². The van der Waals surface area contributed by atoms with Crippen LogP contribution in [0.4, 0.5) is 0 Å².